The summed E-state index contributed by atoms with van der Waals surface area (Å²) in [6.45, 7) is 0.134. The second-order valence-corrected chi connectivity index (χ2v) is 4.29. The third kappa shape index (κ3) is 3.69. The number of amides is 1. The van der Waals surface area contributed by atoms with Crippen LogP contribution in [0.1, 0.15) is 16.8 Å². The van der Waals surface area contributed by atoms with Crippen LogP contribution in [0, 0.1) is 5.82 Å². The largest absolute Gasteiger partial charge is 0.469 e. The molecule has 0 saturated carbocycles. The maximum absolute atomic E-state index is 13.1. The van der Waals surface area contributed by atoms with E-state index in [1.165, 1.54) is 13.2 Å². The van der Waals surface area contributed by atoms with E-state index in [0.29, 0.717) is 4.47 Å². The summed E-state index contributed by atoms with van der Waals surface area (Å²) in [5.74, 6) is -1.47. The van der Waals surface area contributed by atoms with Crippen LogP contribution in [-0.4, -0.2) is 25.5 Å². The second-order valence-electron chi connectivity index (χ2n) is 3.44. The van der Waals surface area contributed by atoms with E-state index in [1.807, 2.05) is 0 Å². The molecule has 1 rings (SSSR count). The van der Waals surface area contributed by atoms with Crippen LogP contribution in [0.3, 0.4) is 0 Å². The highest BCUT2D eigenvalue weighted by molar-refractivity contribution is 9.10. The first-order valence-electron chi connectivity index (χ1n) is 5.05. The van der Waals surface area contributed by atoms with Gasteiger partial charge in [-0.25, -0.2) is 4.39 Å². The summed E-state index contributed by atoms with van der Waals surface area (Å²) in [6, 6.07) is 2.34. The van der Waals surface area contributed by atoms with Crippen LogP contribution in [0.4, 0.5) is 10.1 Å². The van der Waals surface area contributed by atoms with Crippen molar-refractivity contribution in [2.45, 2.75) is 6.42 Å². The number of nitrogens with two attached hydrogens (primary N) is 1. The molecular weight excluding hydrogens is 307 g/mol. The van der Waals surface area contributed by atoms with Crippen molar-refractivity contribution in [2.75, 3.05) is 19.4 Å². The predicted molar refractivity (Wildman–Crippen MR) is 67.5 cm³/mol. The van der Waals surface area contributed by atoms with E-state index in [1.54, 1.807) is 0 Å². The van der Waals surface area contributed by atoms with Gasteiger partial charge in [0.25, 0.3) is 5.91 Å². The molecule has 3 N–H and O–H groups in total. The molecule has 0 saturated heterocycles. The first kappa shape index (κ1) is 14.4. The van der Waals surface area contributed by atoms with Gasteiger partial charge in [0.05, 0.1) is 24.8 Å². The summed E-state index contributed by atoms with van der Waals surface area (Å²) < 4.78 is 17.8. The minimum atomic E-state index is -0.604. The second kappa shape index (κ2) is 6.34. The maximum atomic E-state index is 13.1. The van der Waals surface area contributed by atoms with Gasteiger partial charge in [-0.3, -0.25) is 9.59 Å². The summed E-state index contributed by atoms with van der Waals surface area (Å²) >= 11 is 3.07. The molecule has 0 unspecified atom stereocenters. The minimum Gasteiger partial charge on any atom is -0.469 e. The molecule has 0 atom stereocenters. The molecule has 0 fully saturated rings. The average molecular weight is 319 g/mol. The number of hydrogen-bond acceptors (Lipinski definition) is 4. The average Bonchev–Trinajstić information content (AvgIpc) is 2.33. The van der Waals surface area contributed by atoms with Crippen LogP contribution in [0.5, 0.6) is 0 Å². The fourth-order valence-corrected chi connectivity index (χ4v) is 1.71. The van der Waals surface area contributed by atoms with Crippen LogP contribution in [0.2, 0.25) is 0 Å². The Labute approximate surface area is 112 Å². The van der Waals surface area contributed by atoms with Gasteiger partial charge in [-0.2, -0.15) is 0 Å². The highest BCUT2D eigenvalue weighted by Gasteiger charge is 2.13. The lowest BCUT2D eigenvalue weighted by atomic mass is 10.2. The SMILES string of the molecule is COC(=O)CCNC(=O)c1cc(N)c(F)cc1Br. The number of carbonyl (C=O) groups is 2. The van der Waals surface area contributed by atoms with Crippen molar-refractivity contribution in [1.29, 1.82) is 0 Å². The maximum Gasteiger partial charge on any atom is 0.307 e. The Hall–Kier alpha value is -1.63. The minimum absolute atomic E-state index is 0.0660. The van der Waals surface area contributed by atoms with Gasteiger partial charge in [0.2, 0.25) is 0 Å². The monoisotopic (exact) mass is 318 g/mol. The van der Waals surface area contributed by atoms with Gasteiger partial charge in [-0.05, 0) is 28.1 Å². The number of nitrogen functional groups attached to an aromatic ring is 1. The van der Waals surface area contributed by atoms with E-state index < -0.39 is 17.7 Å². The molecule has 1 amide bonds. The first-order chi connectivity index (χ1) is 8.45. The van der Waals surface area contributed by atoms with Gasteiger partial charge >= 0.3 is 5.97 Å². The summed E-state index contributed by atoms with van der Waals surface area (Å²) in [4.78, 5) is 22.6. The van der Waals surface area contributed by atoms with Crippen LogP contribution in [0.15, 0.2) is 16.6 Å². The molecule has 5 nitrogen and oxygen atoms in total. The van der Waals surface area contributed by atoms with E-state index in [4.69, 9.17) is 5.73 Å². The Morgan fingerprint density at radius 2 is 2.17 bits per heavy atom. The highest BCUT2D eigenvalue weighted by Crippen LogP contribution is 2.22. The van der Waals surface area contributed by atoms with E-state index in [-0.39, 0.29) is 24.2 Å². The number of ether oxygens (including phenoxy) is 1. The molecule has 18 heavy (non-hydrogen) atoms. The van der Waals surface area contributed by atoms with Crippen molar-refractivity contribution >= 4 is 33.5 Å². The van der Waals surface area contributed by atoms with E-state index in [9.17, 15) is 14.0 Å². The van der Waals surface area contributed by atoms with Gasteiger partial charge in [0, 0.05) is 11.0 Å². The number of methoxy groups -OCH3 is 1. The number of halogens is 2. The topological polar surface area (TPSA) is 81.4 Å². The van der Waals surface area contributed by atoms with Crippen molar-refractivity contribution in [2.24, 2.45) is 0 Å². The van der Waals surface area contributed by atoms with Gasteiger partial charge in [0.15, 0.2) is 0 Å². The predicted octanol–water partition coefficient (Wildman–Crippen LogP) is 1.46. The number of hydrogen-bond donors (Lipinski definition) is 2. The Bertz CT molecular complexity index is 480. The molecule has 1 aromatic carbocycles. The van der Waals surface area contributed by atoms with Gasteiger partial charge in [-0.1, -0.05) is 0 Å². The molecule has 0 aliphatic heterocycles. The van der Waals surface area contributed by atoms with E-state index in [2.05, 4.69) is 26.0 Å². The normalized spacial score (nSPS) is 9.94. The third-order valence-electron chi connectivity index (χ3n) is 2.17. The van der Waals surface area contributed by atoms with Crippen LogP contribution in [-0.2, 0) is 9.53 Å². The number of anilines is 1. The van der Waals surface area contributed by atoms with E-state index in [0.717, 1.165) is 6.07 Å². The zero-order chi connectivity index (χ0) is 13.7. The molecule has 0 aliphatic carbocycles. The molecule has 0 aromatic heterocycles. The van der Waals surface area contributed by atoms with Crippen molar-refractivity contribution in [3.63, 3.8) is 0 Å². The smallest absolute Gasteiger partial charge is 0.307 e. The van der Waals surface area contributed by atoms with Gasteiger partial charge in [0.1, 0.15) is 5.82 Å². The van der Waals surface area contributed by atoms with Gasteiger partial charge in [-0.15, -0.1) is 0 Å². The summed E-state index contributed by atoms with van der Waals surface area (Å²) in [7, 11) is 1.27. The van der Waals surface area contributed by atoms with Crippen LogP contribution in [0.25, 0.3) is 0 Å². The molecule has 7 heteroatoms. The van der Waals surface area contributed by atoms with Crippen LogP contribution < -0.4 is 11.1 Å². The Morgan fingerprint density at radius 3 is 2.78 bits per heavy atom. The molecule has 0 spiro atoms. The highest BCUT2D eigenvalue weighted by atomic mass is 79.9. The Morgan fingerprint density at radius 1 is 1.50 bits per heavy atom. The third-order valence-corrected chi connectivity index (χ3v) is 2.83. The lowest BCUT2D eigenvalue weighted by Crippen LogP contribution is -2.26. The lowest BCUT2D eigenvalue weighted by Gasteiger charge is -2.07. The van der Waals surface area contributed by atoms with Crippen molar-refractivity contribution in [1.82, 2.24) is 5.32 Å². The van der Waals surface area contributed by atoms with Gasteiger partial charge < -0.3 is 15.8 Å². The molecular formula is C11H12BrFN2O3. The standard InChI is InChI=1S/C11H12BrFN2O3/c1-18-10(16)2-3-15-11(17)6-4-9(14)8(13)5-7(6)12/h4-5H,2-3,14H2,1H3,(H,15,17). The van der Waals surface area contributed by atoms with Crippen molar-refractivity contribution in [3.8, 4) is 0 Å². The zero-order valence-electron chi connectivity index (χ0n) is 9.63. The quantitative estimate of drug-likeness (QED) is 0.650. The zero-order valence-corrected chi connectivity index (χ0v) is 11.2. The number of benzene rings is 1. The number of nitrogens with one attached hydrogen (secondary N) is 1. The Kier molecular flexibility index (Phi) is 5.08. The summed E-state index contributed by atoms with van der Waals surface area (Å²) in [6.07, 6.45) is 0.0660. The summed E-state index contributed by atoms with van der Waals surface area (Å²) in [5.41, 5.74) is 5.47. The van der Waals surface area contributed by atoms with Crippen molar-refractivity contribution in [3.05, 3.63) is 28.0 Å². The fraction of sp³-hybridized carbons (Fsp3) is 0.273. The van der Waals surface area contributed by atoms with Crippen LogP contribution >= 0.6 is 15.9 Å². The Balaban J connectivity index is 2.67. The molecule has 0 aliphatic rings. The molecule has 98 valence electrons. The molecule has 0 bridgehead atoms. The number of carbonyl (C=O) groups excluding carboxylic acids is 2. The number of rotatable bonds is 4. The molecule has 1 aromatic rings. The summed E-state index contributed by atoms with van der Waals surface area (Å²) in [5, 5.41) is 2.50. The molecule has 0 radical (unpaired) electrons. The van der Waals surface area contributed by atoms with Crippen molar-refractivity contribution < 1.29 is 18.7 Å². The number of esters is 1. The first-order valence-corrected chi connectivity index (χ1v) is 5.84. The molecule has 0 heterocycles. The lowest BCUT2D eigenvalue weighted by molar-refractivity contribution is -0.140. The van der Waals surface area contributed by atoms with E-state index >= 15 is 0 Å². The fourth-order valence-electron chi connectivity index (χ4n) is 1.22.